The summed E-state index contributed by atoms with van der Waals surface area (Å²) in [7, 11) is 0. The number of aliphatic carboxylic acids is 4. The first kappa shape index (κ1) is 18.8. The minimum absolute atomic E-state index is 0.472. The van der Waals surface area contributed by atoms with Gasteiger partial charge >= 0.3 is 23.9 Å². The lowest BCUT2D eigenvalue weighted by Gasteiger charge is -2.27. The minimum Gasteiger partial charge on any atom is -0.479 e. The molecule has 0 atom stereocenters. The molecule has 0 aromatic carbocycles. The van der Waals surface area contributed by atoms with Crippen molar-refractivity contribution in [2.45, 2.75) is 37.9 Å². The maximum atomic E-state index is 11.0. The third kappa shape index (κ3) is 3.47. The number of carboxylic acids is 4. The topological polar surface area (TPSA) is 168 Å². The largest absolute Gasteiger partial charge is 0.479 e. The van der Waals surface area contributed by atoms with Gasteiger partial charge in [0.1, 0.15) is 0 Å². The maximum Gasteiger partial charge on any atom is 0.347 e. The molecule has 0 rings (SSSR count). The van der Waals surface area contributed by atoms with E-state index in [0.717, 1.165) is 0 Å². The van der Waals surface area contributed by atoms with Crippen LogP contribution in [-0.2, 0) is 28.7 Å². The van der Waals surface area contributed by atoms with Gasteiger partial charge in [-0.15, -0.1) is 0 Å². The summed E-state index contributed by atoms with van der Waals surface area (Å²) in [5.74, 6) is -7.25. The summed E-state index contributed by atoms with van der Waals surface area (Å²) in [6, 6.07) is 0. The van der Waals surface area contributed by atoms with Gasteiger partial charge in [-0.25, -0.2) is 19.2 Å². The molecule has 0 saturated heterocycles. The van der Waals surface area contributed by atoms with Crippen molar-refractivity contribution in [2.75, 3.05) is 6.79 Å². The molecule has 0 amide bonds. The molecule has 0 aromatic heterocycles. The van der Waals surface area contributed by atoms with Gasteiger partial charge in [-0.1, -0.05) is 13.8 Å². The number of hydrogen-bond donors (Lipinski definition) is 4. The molecule has 0 unspecified atom stereocenters. The molecule has 0 aliphatic rings. The van der Waals surface area contributed by atoms with Gasteiger partial charge in [0, 0.05) is 0 Å². The molecule has 0 aliphatic heterocycles. The highest BCUT2D eigenvalue weighted by Crippen LogP contribution is 2.21. The van der Waals surface area contributed by atoms with Crippen molar-refractivity contribution in [3.05, 3.63) is 0 Å². The van der Waals surface area contributed by atoms with Crippen LogP contribution in [0.15, 0.2) is 0 Å². The van der Waals surface area contributed by atoms with Crippen LogP contribution in [0, 0.1) is 0 Å². The lowest BCUT2D eigenvalue weighted by molar-refractivity contribution is -0.224. The lowest BCUT2D eigenvalue weighted by Crippen LogP contribution is -2.52. The van der Waals surface area contributed by atoms with Gasteiger partial charge in [0.2, 0.25) is 0 Å². The molecule has 0 heterocycles. The second-order valence-electron chi connectivity index (χ2n) is 3.99. The van der Waals surface area contributed by atoms with E-state index in [4.69, 9.17) is 20.4 Å². The fourth-order valence-electron chi connectivity index (χ4n) is 1.47. The van der Waals surface area contributed by atoms with Crippen LogP contribution in [0.25, 0.3) is 0 Å². The average Bonchev–Trinajstić information content (AvgIpc) is 2.37. The van der Waals surface area contributed by atoms with Crippen LogP contribution in [0.1, 0.15) is 26.7 Å². The standard InChI is InChI=1S/C11H16O10/c1-3-10(6(12)13,7(14)15)20-5-21-11(4-2,8(16)17)9(18)19/h3-5H2,1-2H3,(H,12,13)(H,14,15)(H,16,17)(H,18,19). The molecule has 120 valence electrons. The fraction of sp³-hybridized carbons (Fsp3) is 0.636. The first-order valence-corrected chi connectivity index (χ1v) is 5.82. The van der Waals surface area contributed by atoms with Crippen LogP contribution >= 0.6 is 0 Å². The van der Waals surface area contributed by atoms with Crippen LogP contribution in [0.5, 0.6) is 0 Å². The molecule has 0 fully saturated rings. The number of carboxylic acid groups (broad SMARTS) is 4. The van der Waals surface area contributed by atoms with Crippen molar-refractivity contribution < 1.29 is 49.1 Å². The van der Waals surface area contributed by atoms with E-state index in [1.807, 2.05) is 0 Å². The van der Waals surface area contributed by atoms with Gasteiger partial charge in [-0.3, -0.25) is 0 Å². The predicted molar refractivity (Wildman–Crippen MR) is 63.6 cm³/mol. The quantitative estimate of drug-likeness (QED) is 0.308. The van der Waals surface area contributed by atoms with Crippen molar-refractivity contribution in [3.8, 4) is 0 Å². The van der Waals surface area contributed by atoms with Gasteiger partial charge in [0.25, 0.3) is 11.2 Å². The third-order valence-electron chi connectivity index (χ3n) is 2.99. The Bertz CT molecular complexity index is 372. The van der Waals surface area contributed by atoms with Crippen molar-refractivity contribution >= 4 is 23.9 Å². The summed E-state index contributed by atoms with van der Waals surface area (Å²) >= 11 is 0. The zero-order valence-electron chi connectivity index (χ0n) is 11.4. The van der Waals surface area contributed by atoms with Crippen molar-refractivity contribution in [2.24, 2.45) is 0 Å². The molecule has 4 N–H and O–H groups in total. The number of hydrogen-bond acceptors (Lipinski definition) is 6. The third-order valence-corrected chi connectivity index (χ3v) is 2.99. The molecule has 0 aliphatic carbocycles. The number of carbonyl (C=O) groups is 4. The molecule has 10 nitrogen and oxygen atoms in total. The van der Waals surface area contributed by atoms with E-state index in [2.05, 4.69) is 9.47 Å². The van der Waals surface area contributed by atoms with Crippen molar-refractivity contribution in [1.29, 1.82) is 0 Å². The Morgan fingerprint density at radius 3 is 1.10 bits per heavy atom. The van der Waals surface area contributed by atoms with E-state index >= 15 is 0 Å². The Kier molecular flexibility index (Phi) is 6.26. The van der Waals surface area contributed by atoms with Gasteiger partial charge < -0.3 is 29.9 Å². The highest BCUT2D eigenvalue weighted by Gasteiger charge is 2.50. The Morgan fingerprint density at radius 1 is 0.714 bits per heavy atom. The molecule has 0 radical (unpaired) electrons. The molecule has 21 heavy (non-hydrogen) atoms. The zero-order valence-corrected chi connectivity index (χ0v) is 11.4. The van der Waals surface area contributed by atoms with Crippen LogP contribution in [0.4, 0.5) is 0 Å². The normalized spacial score (nSPS) is 11.9. The smallest absolute Gasteiger partial charge is 0.347 e. The summed E-state index contributed by atoms with van der Waals surface area (Å²) in [6.45, 7) is 1.33. The van der Waals surface area contributed by atoms with E-state index in [1.54, 1.807) is 0 Å². The van der Waals surface area contributed by atoms with Crippen LogP contribution in [0.3, 0.4) is 0 Å². The predicted octanol–water partition coefficient (Wildman–Crippen LogP) is -0.387. The summed E-state index contributed by atoms with van der Waals surface area (Å²) < 4.78 is 9.22. The Labute approximate surface area is 118 Å². The Hall–Kier alpha value is -2.20. The molecular formula is C11H16O10. The summed E-state index contributed by atoms with van der Waals surface area (Å²) in [6.07, 6.45) is -0.944. The number of ether oxygens (including phenoxy) is 2. The second-order valence-corrected chi connectivity index (χ2v) is 3.99. The molecule has 0 spiro atoms. The summed E-state index contributed by atoms with van der Waals surface area (Å²) in [5, 5.41) is 35.6. The minimum atomic E-state index is -2.64. The summed E-state index contributed by atoms with van der Waals surface area (Å²) in [4.78, 5) is 44.0. The summed E-state index contributed by atoms with van der Waals surface area (Å²) in [5.41, 5.74) is -5.28. The Morgan fingerprint density at radius 2 is 0.952 bits per heavy atom. The average molecular weight is 308 g/mol. The van der Waals surface area contributed by atoms with E-state index in [0.29, 0.717) is 0 Å². The van der Waals surface area contributed by atoms with E-state index in [9.17, 15) is 19.2 Å². The second kappa shape index (κ2) is 6.99. The van der Waals surface area contributed by atoms with E-state index in [1.165, 1.54) is 13.8 Å². The first-order valence-electron chi connectivity index (χ1n) is 5.82. The van der Waals surface area contributed by atoms with Gasteiger partial charge in [-0.2, -0.15) is 0 Å². The molecule has 0 saturated carbocycles. The molecule has 0 aromatic rings. The highest BCUT2D eigenvalue weighted by atomic mass is 16.7. The Balaban J connectivity index is 5.15. The number of rotatable bonds is 10. The van der Waals surface area contributed by atoms with Gasteiger partial charge in [-0.05, 0) is 12.8 Å². The first-order chi connectivity index (χ1) is 9.60. The maximum absolute atomic E-state index is 11.0. The zero-order chi connectivity index (χ0) is 16.8. The molecule has 0 bridgehead atoms. The monoisotopic (exact) mass is 308 g/mol. The lowest BCUT2D eigenvalue weighted by atomic mass is 10.0. The van der Waals surface area contributed by atoms with Gasteiger partial charge in [0.05, 0.1) is 0 Å². The van der Waals surface area contributed by atoms with E-state index < -0.39 is 54.7 Å². The molecule has 10 heteroatoms. The van der Waals surface area contributed by atoms with Crippen LogP contribution in [-0.4, -0.2) is 62.3 Å². The molecular weight excluding hydrogens is 292 g/mol. The van der Waals surface area contributed by atoms with Crippen LogP contribution < -0.4 is 0 Å². The van der Waals surface area contributed by atoms with E-state index in [-0.39, 0.29) is 0 Å². The fourth-order valence-corrected chi connectivity index (χ4v) is 1.47. The van der Waals surface area contributed by atoms with Crippen LogP contribution in [0.2, 0.25) is 0 Å². The van der Waals surface area contributed by atoms with Crippen molar-refractivity contribution in [1.82, 2.24) is 0 Å². The SMILES string of the molecule is CCC(OCOC(CC)(C(=O)O)C(=O)O)(C(=O)O)C(=O)O. The van der Waals surface area contributed by atoms with Crippen molar-refractivity contribution in [3.63, 3.8) is 0 Å². The highest BCUT2D eigenvalue weighted by molar-refractivity contribution is 6.02. The van der Waals surface area contributed by atoms with Gasteiger partial charge in [0.15, 0.2) is 6.79 Å².